The van der Waals surface area contributed by atoms with E-state index in [0.29, 0.717) is 6.10 Å². The predicted octanol–water partition coefficient (Wildman–Crippen LogP) is 3.74. The lowest BCUT2D eigenvalue weighted by molar-refractivity contribution is -0.0959. The Bertz CT molecular complexity index is 432. The molecule has 3 heteroatoms. The van der Waals surface area contributed by atoms with Gasteiger partial charge in [0.2, 0.25) is 0 Å². The highest BCUT2D eigenvalue weighted by atomic mass is 32.2. The van der Waals surface area contributed by atoms with E-state index in [9.17, 15) is 0 Å². The zero-order chi connectivity index (χ0) is 13.3. The molecule has 19 heavy (non-hydrogen) atoms. The van der Waals surface area contributed by atoms with Gasteiger partial charge in [-0.05, 0) is 49.3 Å². The van der Waals surface area contributed by atoms with Gasteiger partial charge in [0.15, 0.2) is 0 Å². The summed E-state index contributed by atoms with van der Waals surface area (Å²) in [6.45, 7) is 5.09. The van der Waals surface area contributed by atoms with Gasteiger partial charge in [-0.2, -0.15) is 11.8 Å². The molecule has 2 unspecified atom stereocenters. The minimum atomic E-state index is 0.104. The van der Waals surface area contributed by atoms with Crippen LogP contribution in [0.4, 0.5) is 0 Å². The molecule has 2 saturated heterocycles. The Morgan fingerprint density at radius 2 is 2.05 bits per heavy atom. The van der Waals surface area contributed by atoms with E-state index in [0.717, 1.165) is 31.0 Å². The summed E-state index contributed by atoms with van der Waals surface area (Å²) in [6.07, 6.45) is 3.56. The number of rotatable bonds is 2. The molecule has 0 aromatic heterocycles. The Labute approximate surface area is 119 Å². The fraction of sp³-hybridized carbons (Fsp3) is 0.625. The van der Waals surface area contributed by atoms with Crippen LogP contribution in [0.15, 0.2) is 18.2 Å². The monoisotopic (exact) mass is 278 g/mol. The van der Waals surface area contributed by atoms with Gasteiger partial charge >= 0.3 is 0 Å². The molecule has 1 aromatic carbocycles. The van der Waals surface area contributed by atoms with Crippen molar-refractivity contribution in [3.8, 4) is 5.75 Å². The maximum Gasteiger partial charge on any atom is 0.120 e. The fourth-order valence-corrected chi connectivity index (χ4v) is 4.52. The van der Waals surface area contributed by atoms with E-state index in [1.807, 2.05) is 11.8 Å². The second-order valence-corrected chi connectivity index (χ2v) is 7.00. The maximum atomic E-state index is 6.21. The molecule has 2 nitrogen and oxygen atoms in total. The first kappa shape index (κ1) is 13.3. The SMILES string of the molecule is Cc1cc(C)cc(OC2CCOC3(CCSC3)C2)c1. The molecule has 1 spiro atoms. The number of ether oxygens (including phenoxy) is 2. The summed E-state index contributed by atoms with van der Waals surface area (Å²) in [5.41, 5.74) is 2.65. The molecule has 3 rings (SSSR count). The van der Waals surface area contributed by atoms with Crippen LogP contribution in [0.3, 0.4) is 0 Å². The van der Waals surface area contributed by atoms with Crippen LogP contribution in [0.2, 0.25) is 0 Å². The third kappa shape index (κ3) is 3.09. The third-order valence-corrected chi connectivity index (χ3v) is 5.24. The van der Waals surface area contributed by atoms with Gasteiger partial charge in [0, 0.05) is 18.6 Å². The Balaban J connectivity index is 1.69. The molecule has 0 N–H and O–H groups in total. The van der Waals surface area contributed by atoms with E-state index in [1.54, 1.807) is 0 Å². The molecule has 2 heterocycles. The molecular formula is C16H22O2S. The summed E-state index contributed by atoms with van der Waals surface area (Å²) in [7, 11) is 0. The Morgan fingerprint density at radius 1 is 1.26 bits per heavy atom. The molecule has 0 saturated carbocycles. The number of aryl methyl sites for hydroxylation is 2. The molecule has 2 fully saturated rings. The lowest BCUT2D eigenvalue weighted by atomic mass is 9.91. The first-order valence-corrected chi connectivity index (χ1v) is 8.27. The zero-order valence-electron chi connectivity index (χ0n) is 11.8. The van der Waals surface area contributed by atoms with Crippen LogP contribution in [0, 0.1) is 13.8 Å². The van der Waals surface area contributed by atoms with Crippen molar-refractivity contribution in [3.63, 3.8) is 0 Å². The minimum Gasteiger partial charge on any atom is -0.490 e. The van der Waals surface area contributed by atoms with Crippen molar-refractivity contribution in [3.05, 3.63) is 29.3 Å². The van der Waals surface area contributed by atoms with Crippen molar-refractivity contribution in [1.82, 2.24) is 0 Å². The Kier molecular flexibility index (Phi) is 3.77. The Hall–Kier alpha value is -0.670. The Morgan fingerprint density at radius 3 is 2.74 bits per heavy atom. The highest BCUT2D eigenvalue weighted by Gasteiger charge is 2.41. The predicted molar refractivity (Wildman–Crippen MR) is 80.2 cm³/mol. The molecule has 0 radical (unpaired) electrons. The molecule has 0 aliphatic carbocycles. The molecule has 2 aliphatic heterocycles. The van der Waals surface area contributed by atoms with Crippen LogP contribution in [-0.4, -0.2) is 29.8 Å². The number of benzene rings is 1. The van der Waals surface area contributed by atoms with Gasteiger partial charge in [-0.3, -0.25) is 0 Å². The highest BCUT2D eigenvalue weighted by molar-refractivity contribution is 7.99. The number of hydrogen-bond acceptors (Lipinski definition) is 3. The fourth-order valence-electron chi connectivity index (χ4n) is 3.14. The lowest BCUT2D eigenvalue weighted by Gasteiger charge is -2.37. The molecule has 2 atom stereocenters. The van der Waals surface area contributed by atoms with Gasteiger partial charge in [0.05, 0.1) is 12.2 Å². The topological polar surface area (TPSA) is 18.5 Å². The average molecular weight is 278 g/mol. The van der Waals surface area contributed by atoms with Crippen molar-refractivity contribution in [2.75, 3.05) is 18.1 Å². The summed E-state index contributed by atoms with van der Waals surface area (Å²) >= 11 is 2.01. The van der Waals surface area contributed by atoms with E-state index < -0.39 is 0 Å². The van der Waals surface area contributed by atoms with E-state index >= 15 is 0 Å². The second-order valence-electron chi connectivity index (χ2n) is 5.89. The third-order valence-electron chi connectivity index (χ3n) is 4.01. The largest absolute Gasteiger partial charge is 0.490 e. The van der Waals surface area contributed by atoms with Gasteiger partial charge in [0.1, 0.15) is 11.9 Å². The van der Waals surface area contributed by atoms with E-state index in [-0.39, 0.29) is 5.60 Å². The van der Waals surface area contributed by atoms with Crippen molar-refractivity contribution in [2.24, 2.45) is 0 Å². The van der Waals surface area contributed by atoms with E-state index in [4.69, 9.17) is 9.47 Å². The van der Waals surface area contributed by atoms with Crippen molar-refractivity contribution in [1.29, 1.82) is 0 Å². The quantitative estimate of drug-likeness (QED) is 0.821. The minimum absolute atomic E-state index is 0.104. The second kappa shape index (κ2) is 5.37. The molecule has 1 aromatic rings. The number of thioether (sulfide) groups is 1. The van der Waals surface area contributed by atoms with Gasteiger partial charge in [-0.15, -0.1) is 0 Å². The van der Waals surface area contributed by atoms with Crippen LogP contribution in [0.1, 0.15) is 30.4 Å². The first-order chi connectivity index (χ1) is 9.15. The van der Waals surface area contributed by atoms with Crippen LogP contribution in [0.25, 0.3) is 0 Å². The maximum absolute atomic E-state index is 6.21. The van der Waals surface area contributed by atoms with Crippen LogP contribution < -0.4 is 4.74 Å². The van der Waals surface area contributed by atoms with E-state index in [2.05, 4.69) is 32.0 Å². The van der Waals surface area contributed by atoms with Crippen molar-refractivity contribution >= 4 is 11.8 Å². The molecule has 0 bridgehead atoms. The van der Waals surface area contributed by atoms with Gasteiger partial charge in [-0.25, -0.2) is 0 Å². The molecular weight excluding hydrogens is 256 g/mol. The van der Waals surface area contributed by atoms with Crippen LogP contribution >= 0.6 is 11.8 Å². The number of hydrogen-bond donors (Lipinski definition) is 0. The van der Waals surface area contributed by atoms with Crippen molar-refractivity contribution < 1.29 is 9.47 Å². The van der Waals surface area contributed by atoms with Gasteiger partial charge < -0.3 is 9.47 Å². The summed E-state index contributed by atoms with van der Waals surface area (Å²) in [4.78, 5) is 0. The van der Waals surface area contributed by atoms with Crippen molar-refractivity contribution in [2.45, 2.75) is 44.8 Å². The van der Waals surface area contributed by atoms with Crippen LogP contribution in [0.5, 0.6) is 5.75 Å². The average Bonchev–Trinajstić information content (AvgIpc) is 2.76. The van der Waals surface area contributed by atoms with Gasteiger partial charge in [0.25, 0.3) is 0 Å². The summed E-state index contributed by atoms with van der Waals surface area (Å²) in [6, 6.07) is 6.46. The smallest absolute Gasteiger partial charge is 0.120 e. The standard InChI is InChI=1S/C16H22O2S/c1-12-7-13(2)9-15(8-12)18-14-3-5-17-16(10-14)4-6-19-11-16/h7-9,14H,3-6,10-11H2,1-2H3. The first-order valence-electron chi connectivity index (χ1n) is 7.12. The molecule has 2 aliphatic rings. The summed E-state index contributed by atoms with van der Waals surface area (Å²) < 4.78 is 12.3. The zero-order valence-corrected chi connectivity index (χ0v) is 12.6. The van der Waals surface area contributed by atoms with Crippen LogP contribution in [-0.2, 0) is 4.74 Å². The normalized spacial score (nSPS) is 30.7. The molecule has 0 amide bonds. The van der Waals surface area contributed by atoms with Gasteiger partial charge in [-0.1, -0.05) is 6.07 Å². The summed E-state index contributed by atoms with van der Waals surface area (Å²) in [5.74, 6) is 3.39. The highest BCUT2D eigenvalue weighted by Crippen LogP contribution is 2.39. The summed E-state index contributed by atoms with van der Waals surface area (Å²) in [5, 5.41) is 0. The van der Waals surface area contributed by atoms with E-state index in [1.165, 1.54) is 23.3 Å². The molecule has 104 valence electrons. The lowest BCUT2D eigenvalue weighted by Crippen LogP contribution is -2.43.